The number of aliphatic hydroxyl groups excluding tert-OH is 3. The zero-order valence-corrected chi connectivity index (χ0v) is 12.3. The quantitative estimate of drug-likeness (QED) is 0.413. The van der Waals surface area contributed by atoms with Gasteiger partial charge in [-0.3, -0.25) is 0 Å². The Bertz CT molecular complexity index is 269. The summed E-state index contributed by atoms with van der Waals surface area (Å²) in [5.41, 5.74) is 0. The van der Waals surface area contributed by atoms with Crippen LogP contribution in [0.25, 0.3) is 0 Å². The maximum Gasteiger partial charge on any atom is 0.114 e. The van der Waals surface area contributed by atoms with Gasteiger partial charge in [0.1, 0.15) is 24.4 Å². The highest BCUT2D eigenvalue weighted by Gasteiger charge is 2.40. The number of aliphatic hydroxyl groups is 3. The van der Waals surface area contributed by atoms with Crippen molar-refractivity contribution in [2.45, 2.75) is 63.4 Å². The molecule has 4 atom stereocenters. The van der Waals surface area contributed by atoms with E-state index in [4.69, 9.17) is 14.6 Å². The summed E-state index contributed by atoms with van der Waals surface area (Å²) in [5.74, 6) is 0. The Morgan fingerprint density at radius 3 is 2.75 bits per heavy atom. The van der Waals surface area contributed by atoms with E-state index in [1.165, 1.54) is 6.42 Å². The van der Waals surface area contributed by atoms with E-state index in [9.17, 15) is 10.2 Å². The second-order valence-corrected chi connectivity index (χ2v) is 5.20. The van der Waals surface area contributed by atoms with Gasteiger partial charge in [0.2, 0.25) is 0 Å². The number of rotatable bonds is 10. The highest BCUT2D eigenvalue weighted by molar-refractivity contribution is 4.88. The van der Waals surface area contributed by atoms with Crippen LogP contribution in [0.4, 0.5) is 0 Å². The fourth-order valence-electron chi connectivity index (χ4n) is 2.21. The van der Waals surface area contributed by atoms with Crippen molar-refractivity contribution in [2.75, 3.05) is 19.8 Å². The summed E-state index contributed by atoms with van der Waals surface area (Å²) in [6.07, 6.45) is 6.69. The Morgan fingerprint density at radius 1 is 1.30 bits per heavy atom. The van der Waals surface area contributed by atoms with E-state index in [0.29, 0.717) is 6.61 Å². The number of allylic oxidation sites excluding steroid dienone is 2. The number of hydrogen-bond donors (Lipinski definition) is 3. The van der Waals surface area contributed by atoms with E-state index in [2.05, 4.69) is 19.1 Å². The molecule has 1 aliphatic heterocycles. The molecule has 1 aliphatic rings. The highest BCUT2D eigenvalue weighted by atomic mass is 16.6. The zero-order chi connectivity index (χ0) is 14.8. The highest BCUT2D eigenvalue weighted by Crippen LogP contribution is 2.20. The molecule has 0 unspecified atom stereocenters. The smallest absolute Gasteiger partial charge is 0.114 e. The van der Waals surface area contributed by atoms with Crippen LogP contribution in [0.5, 0.6) is 0 Å². The summed E-state index contributed by atoms with van der Waals surface area (Å²) in [6, 6.07) is 0. The van der Waals surface area contributed by atoms with Gasteiger partial charge in [0.25, 0.3) is 0 Å². The summed E-state index contributed by atoms with van der Waals surface area (Å²) < 4.78 is 10.8. The largest absolute Gasteiger partial charge is 0.394 e. The molecule has 0 aromatic heterocycles. The van der Waals surface area contributed by atoms with E-state index in [1.54, 1.807) is 0 Å². The minimum atomic E-state index is -1.05. The zero-order valence-electron chi connectivity index (χ0n) is 12.3. The molecule has 1 saturated heterocycles. The molecule has 5 heteroatoms. The lowest BCUT2D eigenvalue weighted by atomic mass is 10.1. The average molecular weight is 288 g/mol. The van der Waals surface area contributed by atoms with Gasteiger partial charge in [-0.25, -0.2) is 0 Å². The molecule has 0 radical (unpaired) electrons. The van der Waals surface area contributed by atoms with Crippen LogP contribution < -0.4 is 0 Å². The van der Waals surface area contributed by atoms with Gasteiger partial charge in [0, 0.05) is 6.61 Å². The summed E-state index contributed by atoms with van der Waals surface area (Å²) >= 11 is 0. The van der Waals surface area contributed by atoms with Gasteiger partial charge in [-0.05, 0) is 25.7 Å². The van der Waals surface area contributed by atoms with E-state index >= 15 is 0 Å². The van der Waals surface area contributed by atoms with Crippen molar-refractivity contribution in [1.82, 2.24) is 0 Å². The fourth-order valence-corrected chi connectivity index (χ4v) is 2.21. The second kappa shape index (κ2) is 10.3. The van der Waals surface area contributed by atoms with Crippen LogP contribution in [0.2, 0.25) is 0 Å². The first kappa shape index (κ1) is 17.6. The van der Waals surface area contributed by atoms with E-state index < -0.39 is 31.0 Å². The van der Waals surface area contributed by atoms with Crippen molar-refractivity contribution in [2.24, 2.45) is 0 Å². The SMILES string of the molecule is CCC/C=C/CCCCO[C@H]1CO[C@H]([C@H](O)CO)[C@@H]1O. The fraction of sp³-hybridized carbons (Fsp3) is 0.867. The van der Waals surface area contributed by atoms with Crippen LogP contribution >= 0.6 is 0 Å². The Morgan fingerprint density at radius 2 is 2.05 bits per heavy atom. The predicted octanol–water partition coefficient (Wildman–Crippen LogP) is 1.01. The number of ether oxygens (including phenoxy) is 2. The molecule has 118 valence electrons. The minimum absolute atomic E-state index is 0.263. The lowest BCUT2D eigenvalue weighted by Crippen LogP contribution is -2.41. The molecule has 20 heavy (non-hydrogen) atoms. The first-order chi connectivity index (χ1) is 9.70. The van der Waals surface area contributed by atoms with E-state index in [1.807, 2.05) is 0 Å². The molecule has 0 saturated carbocycles. The van der Waals surface area contributed by atoms with Gasteiger partial charge in [0.05, 0.1) is 13.2 Å². The molecule has 0 aliphatic carbocycles. The molecule has 1 heterocycles. The molecule has 0 amide bonds. The van der Waals surface area contributed by atoms with Gasteiger partial charge in [-0.2, -0.15) is 0 Å². The van der Waals surface area contributed by atoms with Crippen molar-refractivity contribution in [1.29, 1.82) is 0 Å². The monoisotopic (exact) mass is 288 g/mol. The Labute approximate surface area is 121 Å². The molecule has 0 bridgehead atoms. The summed E-state index contributed by atoms with van der Waals surface area (Å²) in [5, 5.41) is 28.2. The molecular formula is C15H28O5. The van der Waals surface area contributed by atoms with Crippen molar-refractivity contribution in [3.05, 3.63) is 12.2 Å². The maximum absolute atomic E-state index is 9.92. The van der Waals surface area contributed by atoms with Crippen LogP contribution in [-0.4, -0.2) is 59.6 Å². The Balaban J connectivity index is 2.08. The van der Waals surface area contributed by atoms with Crippen LogP contribution in [0.15, 0.2) is 12.2 Å². The summed E-state index contributed by atoms with van der Waals surface area (Å²) in [6.45, 7) is 2.58. The lowest BCUT2D eigenvalue weighted by molar-refractivity contribution is -0.0730. The van der Waals surface area contributed by atoms with Crippen LogP contribution in [-0.2, 0) is 9.47 Å². The summed E-state index contributed by atoms with van der Waals surface area (Å²) in [7, 11) is 0. The van der Waals surface area contributed by atoms with Crippen molar-refractivity contribution in [3.63, 3.8) is 0 Å². The van der Waals surface area contributed by atoms with Crippen molar-refractivity contribution in [3.8, 4) is 0 Å². The minimum Gasteiger partial charge on any atom is -0.394 e. The molecular weight excluding hydrogens is 260 g/mol. The molecule has 1 rings (SSSR count). The number of hydrogen-bond acceptors (Lipinski definition) is 5. The third-order valence-electron chi connectivity index (χ3n) is 3.46. The Kier molecular flexibility index (Phi) is 9.05. The first-order valence-corrected chi connectivity index (χ1v) is 7.55. The lowest BCUT2D eigenvalue weighted by Gasteiger charge is -2.20. The van der Waals surface area contributed by atoms with Gasteiger partial charge < -0.3 is 24.8 Å². The van der Waals surface area contributed by atoms with Gasteiger partial charge >= 0.3 is 0 Å². The maximum atomic E-state index is 9.92. The van der Waals surface area contributed by atoms with Gasteiger partial charge in [-0.15, -0.1) is 0 Å². The van der Waals surface area contributed by atoms with Crippen molar-refractivity contribution >= 4 is 0 Å². The third-order valence-corrected chi connectivity index (χ3v) is 3.46. The van der Waals surface area contributed by atoms with E-state index in [0.717, 1.165) is 25.7 Å². The van der Waals surface area contributed by atoms with Crippen LogP contribution in [0.1, 0.15) is 39.0 Å². The van der Waals surface area contributed by atoms with Gasteiger partial charge in [0.15, 0.2) is 0 Å². The predicted molar refractivity (Wildman–Crippen MR) is 76.5 cm³/mol. The average Bonchev–Trinajstić information content (AvgIpc) is 2.82. The van der Waals surface area contributed by atoms with Crippen LogP contribution in [0, 0.1) is 0 Å². The normalized spacial score (nSPS) is 28.3. The standard InChI is InChI=1S/C15H28O5/c1-2-3-4-5-6-7-8-9-19-13-11-20-15(14(13)18)12(17)10-16/h4-5,12-18H,2-3,6-11H2,1H3/b5-4+/t12-,13+,14-,15-/m1/s1. The molecule has 1 fully saturated rings. The van der Waals surface area contributed by atoms with Gasteiger partial charge in [-0.1, -0.05) is 25.5 Å². The van der Waals surface area contributed by atoms with Crippen LogP contribution in [0.3, 0.4) is 0 Å². The third kappa shape index (κ3) is 5.89. The molecule has 0 aromatic rings. The second-order valence-electron chi connectivity index (χ2n) is 5.20. The molecule has 3 N–H and O–H groups in total. The Hall–Kier alpha value is -0.460. The summed E-state index contributed by atoms with van der Waals surface area (Å²) in [4.78, 5) is 0. The topological polar surface area (TPSA) is 79.2 Å². The van der Waals surface area contributed by atoms with Crippen molar-refractivity contribution < 1.29 is 24.8 Å². The molecule has 0 spiro atoms. The molecule has 5 nitrogen and oxygen atoms in total. The van der Waals surface area contributed by atoms with E-state index in [-0.39, 0.29) is 6.61 Å². The number of unbranched alkanes of at least 4 members (excludes halogenated alkanes) is 3. The molecule has 0 aromatic carbocycles. The first-order valence-electron chi connectivity index (χ1n) is 7.55.